The third-order valence-electron chi connectivity index (χ3n) is 2.77. The van der Waals surface area contributed by atoms with Gasteiger partial charge in [-0.15, -0.1) is 5.10 Å². The van der Waals surface area contributed by atoms with Crippen LogP contribution in [0.3, 0.4) is 0 Å². The Balaban J connectivity index is 2.97. The zero-order valence-corrected chi connectivity index (χ0v) is 13.9. The Kier molecular flexibility index (Phi) is 5.46. The molecule has 1 heterocycles. The van der Waals surface area contributed by atoms with Gasteiger partial charge in [0.05, 0.1) is 16.3 Å². The predicted octanol–water partition coefficient (Wildman–Crippen LogP) is 1.92. The van der Waals surface area contributed by atoms with Crippen molar-refractivity contribution in [3.05, 3.63) is 10.6 Å². The highest BCUT2D eigenvalue weighted by Crippen LogP contribution is 2.31. The molecular weight excluding hydrogens is 282 g/mol. The Morgan fingerprint density at radius 2 is 2.00 bits per heavy atom. The van der Waals surface area contributed by atoms with Crippen molar-refractivity contribution in [2.24, 2.45) is 0 Å². The summed E-state index contributed by atoms with van der Waals surface area (Å²) in [6, 6.07) is 0.00829. The molecule has 0 saturated heterocycles. The van der Waals surface area contributed by atoms with E-state index < -0.39 is 9.84 Å². The van der Waals surface area contributed by atoms with E-state index in [1.54, 1.807) is 0 Å². The van der Waals surface area contributed by atoms with E-state index in [0.717, 1.165) is 17.1 Å². The molecule has 7 heteroatoms. The van der Waals surface area contributed by atoms with Gasteiger partial charge in [0.15, 0.2) is 0 Å². The molecule has 0 bridgehead atoms. The Hall–Kier alpha value is -0.530. The molecular formula is C12H23N3O2S2. The SMILES string of the molecule is CCNC(CCS(C)(=O)=O)c1snnc1C(C)(C)C. The van der Waals surface area contributed by atoms with Gasteiger partial charge >= 0.3 is 0 Å². The second kappa shape index (κ2) is 6.28. The van der Waals surface area contributed by atoms with E-state index in [9.17, 15) is 8.42 Å². The largest absolute Gasteiger partial charge is 0.309 e. The summed E-state index contributed by atoms with van der Waals surface area (Å²) in [5, 5.41) is 7.55. The minimum absolute atomic E-state index is 0.00829. The zero-order valence-electron chi connectivity index (χ0n) is 12.2. The van der Waals surface area contributed by atoms with E-state index >= 15 is 0 Å². The van der Waals surface area contributed by atoms with Crippen molar-refractivity contribution in [2.45, 2.75) is 45.6 Å². The van der Waals surface area contributed by atoms with Crippen LogP contribution in [-0.2, 0) is 15.3 Å². The lowest BCUT2D eigenvalue weighted by molar-refractivity contribution is 0.505. The van der Waals surface area contributed by atoms with Crippen LogP contribution in [0.1, 0.15) is 50.7 Å². The summed E-state index contributed by atoms with van der Waals surface area (Å²) in [6.45, 7) is 9.07. The molecule has 1 atom stereocenters. The van der Waals surface area contributed by atoms with Crippen LogP contribution in [0.2, 0.25) is 0 Å². The van der Waals surface area contributed by atoms with Crippen molar-refractivity contribution in [3.63, 3.8) is 0 Å². The van der Waals surface area contributed by atoms with Gasteiger partial charge in [-0.1, -0.05) is 32.2 Å². The molecule has 0 aliphatic rings. The topological polar surface area (TPSA) is 72.0 Å². The lowest BCUT2D eigenvalue weighted by atomic mass is 9.89. The van der Waals surface area contributed by atoms with Gasteiger partial charge in [-0.2, -0.15) is 0 Å². The summed E-state index contributed by atoms with van der Waals surface area (Å²) in [6.07, 6.45) is 1.82. The summed E-state index contributed by atoms with van der Waals surface area (Å²) in [7, 11) is -2.95. The Labute approximate surface area is 119 Å². The van der Waals surface area contributed by atoms with Crippen LogP contribution in [0.25, 0.3) is 0 Å². The first kappa shape index (κ1) is 16.5. The first-order valence-corrected chi connectivity index (χ1v) is 9.22. The van der Waals surface area contributed by atoms with Crippen LogP contribution in [-0.4, -0.2) is 36.6 Å². The van der Waals surface area contributed by atoms with Crippen molar-refractivity contribution in [3.8, 4) is 0 Å². The van der Waals surface area contributed by atoms with E-state index in [0.29, 0.717) is 6.42 Å². The van der Waals surface area contributed by atoms with E-state index in [2.05, 4.69) is 35.7 Å². The molecule has 1 aromatic heterocycles. The van der Waals surface area contributed by atoms with Gasteiger partial charge < -0.3 is 5.32 Å². The van der Waals surface area contributed by atoms with Gasteiger partial charge in [-0.25, -0.2) is 8.42 Å². The Bertz CT molecular complexity index is 503. The minimum atomic E-state index is -2.95. The highest BCUT2D eigenvalue weighted by molar-refractivity contribution is 7.90. The number of hydrogen-bond acceptors (Lipinski definition) is 6. The first-order chi connectivity index (χ1) is 8.65. The average Bonchev–Trinajstić information content (AvgIpc) is 2.71. The highest BCUT2D eigenvalue weighted by atomic mass is 32.2. The molecule has 1 unspecified atom stereocenters. The molecule has 0 aliphatic carbocycles. The number of nitrogens with one attached hydrogen (secondary N) is 1. The number of hydrogen-bond donors (Lipinski definition) is 1. The molecule has 0 saturated carbocycles. The molecule has 1 aromatic rings. The van der Waals surface area contributed by atoms with E-state index in [1.807, 2.05) is 6.92 Å². The number of rotatable bonds is 6. The van der Waals surface area contributed by atoms with Crippen molar-refractivity contribution in [2.75, 3.05) is 18.6 Å². The summed E-state index contributed by atoms with van der Waals surface area (Å²) < 4.78 is 26.7. The molecule has 19 heavy (non-hydrogen) atoms. The fourth-order valence-electron chi connectivity index (χ4n) is 1.85. The molecule has 0 fully saturated rings. The van der Waals surface area contributed by atoms with Crippen LogP contribution in [0.4, 0.5) is 0 Å². The van der Waals surface area contributed by atoms with E-state index in [4.69, 9.17) is 0 Å². The summed E-state index contributed by atoms with van der Waals surface area (Å²) in [5.74, 6) is 0.173. The standard InChI is InChI=1S/C12H23N3O2S2/c1-6-13-9(7-8-19(5,16)17)10-11(12(2,3)4)14-15-18-10/h9,13H,6-8H2,1-5H3. The monoisotopic (exact) mass is 305 g/mol. The summed E-state index contributed by atoms with van der Waals surface area (Å²) in [4.78, 5) is 1.05. The molecule has 5 nitrogen and oxygen atoms in total. The normalized spacial score (nSPS) is 14.6. The van der Waals surface area contributed by atoms with Crippen LogP contribution in [0, 0.1) is 0 Å². The van der Waals surface area contributed by atoms with Gasteiger partial charge in [0.1, 0.15) is 9.84 Å². The molecule has 0 amide bonds. The summed E-state index contributed by atoms with van der Waals surface area (Å²) >= 11 is 1.36. The van der Waals surface area contributed by atoms with Crippen LogP contribution in [0.5, 0.6) is 0 Å². The van der Waals surface area contributed by atoms with Gasteiger partial charge in [0, 0.05) is 17.7 Å². The third kappa shape index (κ3) is 5.16. The maximum Gasteiger partial charge on any atom is 0.147 e. The van der Waals surface area contributed by atoms with Crippen molar-refractivity contribution in [1.82, 2.24) is 14.9 Å². The predicted molar refractivity (Wildman–Crippen MR) is 79.4 cm³/mol. The van der Waals surface area contributed by atoms with Gasteiger partial charge in [-0.3, -0.25) is 0 Å². The van der Waals surface area contributed by atoms with Crippen LogP contribution >= 0.6 is 11.5 Å². The molecule has 0 aromatic carbocycles. The van der Waals surface area contributed by atoms with Gasteiger partial charge in [-0.05, 0) is 24.5 Å². The third-order valence-corrected chi connectivity index (χ3v) is 4.58. The number of nitrogens with zero attached hydrogens (tertiary/aromatic N) is 2. The molecule has 0 spiro atoms. The van der Waals surface area contributed by atoms with Crippen LogP contribution in [0.15, 0.2) is 0 Å². The molecule has 0 radical (unpaired) electrons. The second-order valence-corrected chi connectivity index (χ2v) is 8.81. The number of sulfone groups is 1. The molecule has 1 N–H and O–H groups in total. The Morgan fingerprint density at radius 3 is 2.47 bits per heavy atom. The van der Waals surface area contributed by atoms with Crippen LogP contribution < -0.4 is 5.32 Å². The lowest BCUT2D eigenvalue weighted by Gasteiger charge is -2.22. The Morgan fingerprint density at radius 1 is 1.37 bits per heavy atom. The van der Waals surface area contributed by atoms with E-state index in [1.165, 1.54) is 17.8 Å². The average molecular weight is 305 g/mol. The maximum atomic E-state index is 11.3. The van der Waals surface area contributed by atoms with Crippen molar-refractivity contribution < 1.29 is 8.42 Å². The quantitative estimate of drug-likeness (QED) is 0.869. The lowest BCUT2D eigenvalue weighted by Crippen LogP contribution is -2.26. The minimum Gasteiger partial charge on any atom is -0.309 e. The number of aromatic nitrogens is 2. The van der Waals surface area contributed by atoms with Crippen molar-refractivity contribution >= 4 is 21.4 Å². The van der Waals surface area contributed by atoms with E-state index in [-0.39, 0.29) is 17.2 Å². The molecule has 0 aliphatic heterocycles. The van der Waals surface area contributed by atoms with Gasteiger partial charge in [0.25, 0.3) is 0 Å². The van der Waals surface area contributed by atoms with Gasteiger partial charge in [0.2, 0.25) is 0 Å². The maximum absolute atomic E-state index is 11.3. The summed E-state index contributed by atoms with van der Waals surface area (Å²) in [5.41, 5.74) is 0.873. The molecule has 110 valence electrons. The second-order valence-electron chi connectivity index (χ2n) is 5.76. The zero-order chi connectivity index (χ0) is 14.7. The highest BCUT2D eigenvalue weighted by Gasteiger charge is 2.27. The smallest absolute Gasteiger partial charge is 0.147 e. The van der Waals surface area contributed by atoms with Crippen molar-refractivity contribution in [1.29, 1.82) is 0 Å². The first-order valence-electron chi connectivity index (χ1n) is 6.39. The fraction of sp³-hybridized carbons (Fsp3) is 0.833. The fourth-order valence-corrected chi connectivity index (χ4v) is 3.49. The molecule has 1 rings (SSSR count).